The summed E-state index contributed by atoms with van der Waals surface area (Å²) in [4.78, 5) is 10.2. The van der Waals surface area contributed by atoms with Gasteiger partial charge in [-0.1, -0.05) is 0 Å². The minimum atomic E-state index is -1.11. The monoisotopic (exact) mass is 188 g/mol. The van der Waals surface area contributed by atoms with Crippen LogP contribution in [-0.2, 0) is 11.3 Å². The number of carboxylic acids is 1. The lowest BCUT2D eigenvalue weighted by Crippen LogP contribution is -2.27. The van der Waals surface area contributed by atoms with Gasteiger partial charge in [-0.05, 0) is 19.1 Å². The van der Waals surface area contributed by atoms with Crippen molar-refractivity contribution in [3.8, 4) is 0 Å². The van der Waals surface area contributed by atoms with Crippen LogP contribution in [0.3, 0.4) is 0 Å². The predicted octanol–water partition coefficient (Wildman–Crippen LogP) is 0.337. The zero-order valence-electron chi connectivity index (χ0n) is 5.86. The number of carbonyl (C=O) groups excluding carboxylic acids is 1. The Labute approximate surface area is 72.9 Å². The average molecular weight is 188 g/mol. The van der Waals surface area contributed by atoms with Gasteiger partial charge in [0.25, 0.3) is 0 Å². The van der Waals surface area contributed by atoms with Gasteiger partial charge in [-0.2, -0.15) is 0 Å². The van der Waals surface area contributed by atoms with Gasteiger partial charge >= 0.3 is 0 Å². The van der Waals surface area contributed by atoms with Gasteiger partial charge in [0, 0.05) is 11.1 Å². The van der Waals surface area contributed by atoms with Crippen molar-refractivity contribution in [3.05, 3.63) is 15.0 Å². The summed E-state index contributed by atoms with van der Waals surface area (Å²) in [7, 11) is 0. The molecule has 0 aliphatic rings. The van der Waals surface area contributed by atoms with Crippen molar-refractivity contribution < 1.29 is 9.90 Å². The fraction of sp³-hybridized carbons (Fsp3) is 0.333. The first kappa shape index (κ1) is 8.42. The summed E-state index contributed by atoms with van der Waals surface area (Å²) in [5.74, 6) is -1.11. The van der Waals surface area contributed by atoms with Gasteiger partial charge in [0.05, 0.1) is 12.5 Å². The summed E-state index contributed by atoms with van der Waals surface area (Å²) < 4.78 is 2.11. The lowest BCUT2D eigenvalue weighted by atomic mass is 10.5. The van der Waals surface area contributed by atoms with Crippen molar-refractivity contribution in [2.24, 2.45) is 0 Å². The second kappa shape index (κ2) is 3.15. The maximum Gasteiger partial charge on any atom is 0.161 e. The molecule has 3 nitrogen and oxygen atoms in total. The number of nitrogens with zero attached hydrogens (tertiary/aromatic N) is 1. The molecule has 0 radical (unpaired) electrons. The maximum atomic E-state index is 10.2. The van der Waals surface area contributed by atoms with Crippen LogP contribution in [0.2, 0.25) is 0 Å². The molecule has 0 saturated carbocycles. The summed E-state index contributed by atoms with van der Waals surface area (Å²) >= 11 is 6.24. The first-order chi connectivity index (χ1) is 5.11. The molecule has 5 heteroatoms. The third kappa shape index (κ3) is 1.87. The molecule has 1 aromatic rings. The van der Waals surface area contributed by atoms with E-state index < -0.39 is 5.97 Å². The number of hydrogen-bond acceptors (Lipinski definition) is 4. The number of carbonyl (C=O) groups is 1. The number of carboxylic acid groups (broad SMARTS) is 1. The number of thiazole rings is 1. The normalized spacial score (nSPS) is 9.91. The van der Waals surface area contributed by atoms with E-state index in [4.69, 9.17) is 12.2 Å². The van der Waals surface area contributed by atoms with E-state index in [0.717, 1.165) is 5.69 Å². The SMILES string of the molecule is Cc1csc(=S)n1CC(=O)[O-]. The summed E-state index contributed by atoms with van der Waals surface area (Å²) in [6, 6.07) is 0. The Morgan fingerprint density at radius 2 is 2.55 bits per heavy atom. The maximum absolute atomic E-state index is 10.2. The van der Waals surface area contributed by atoms with Crippen LogP contribution in [0.15, 0.2) is 5.38 Å². The van der Waals surface area contributed by atoms with E-state index >= 15 is 0 Å². The van der Waals surface area contributed by atoms with Crippen LogP contribution < -0.4 is 5.11 Å². The topological polar surface area (TPSA) is 45.1 Å². The van der Waals surface area contributed by atoms with Gasteiger partial charge in [0.1, 0.15) is 0 Å². The number of aryl methyl sites for hydroxylation is 1. The molecule has 60 valence electrons. The summed E-state index contributed by atoms with van der Waals surface area (Å²) in [6.45, 7) is 1.67. The Bertz CT molecular complexity index is 326. The van der Waals surface area contributed by atoms with Gasteiger partial charge in [0.15, 0.2) is 3.95 Å². The second-order valence-electron chi connectivity index (χ2n) is 2.10. The molecule has 0 fully saturated rings. The molecule has 1 rings (SSSR count). The Hall–Kier alpha value is -0.680. The van der Waals surface area contributed by atoms with E-state index in [-0.39, 0.29) is 6.54 Å². The largest absolute Gasteiger partial charge is 0.548 e. The van der Waals surface area contributed by atoms with Gasteiger partial charge in [-0.15, -0.1) is 11.3 Å². The third-order valence-corrected chi connectivity index (χ3v) is 2.65. The van der Waals surface area contributed by atoms with Crippen LogP contribution in [0.4, 0.5) is 0 Å². The zero-order chi connectivity index (χ0) is 8.43. The Morgan fingerprint density at radius 1 is 1.91 bits per heavy atom. The van der Waals surface area contributed by atoms with Gasteiger partial charge in [0.2, 0.25) is 0 Å². The molecular formula is C6H6NO2S2-. The average Bonchev–Trinajstić information content (AvgIpc) is 2.18. The zero-order valence-corrected chi connectivity index (χ0v) is 7.50. The lowest BCUT2D eigenvalue weighted by Gasteiger charge is -2.04. The molecule has 1 heterocycles. The molecule has 0 amide bonds. The molecule has 0 N–H and O–H groups in total. The van der Waals surface area contributed by atoms with Crippen molar-refractivity contribution in [1.82, 2.24) is 4.57 Å². The Balaban J connectivity index is 3.01. The van der Waals surface area contributed by atoms with E-state index in [0.29, 0.717) is 3.95 Å². The van der Waals surface area contributed by atoms with E-state index in [2.05, 4.69) is 0 Å². The fourth-order valence-corrected chi connectivity index (χ4v) is 1.81. The minimum Gasteiger partial charge on any atom is -0.548 e. The van der Waals surface area contributed by atoms with Crippen molar-refractivity contribution in [3.63, 3.8) is 0 Å². The molecule has 0 saturated heterocycles. The molecule has 1 aromatic heterocycles. The predicted molar refractivity (Wildman–Crippen MR) is 42.9 cm³/mol. The van der Waals surface area contributed by atoms with Crippen molar-refractivity contribution in [2.45, 2.75) is 13.5 Å². The van der Waals surface area contributed by atoms with Crippen LogP contribution >= 0.6 is 23.6 Å². The number of rotatable bonds is 2. The standard InChI is InChI=1S/C6H7NO2S2/c1-4-3-11-6(10)7(4)2-5(8)9/h3H,2H2,1H3,(H,8,9)/p-1. The van der Waals surface area contributed by atoms with Crippen molar-refractivity contribution >= 4 is 29.5 Å². The van der Waals surface area contributed by atoms with E-state index in [1.54, 1.807) is 0 Å². The summed E-state index contributed by atoms with van der Waals surface area (Å²) in [5.41, 5.74) is 0.865. The number of aliphatic carboxylic acids is 1. The van der Waals surface area contributed by atoms with Gasteiger partial charge in [-0.25, -0.2) is 0 Å². The minimum absolute atomic E-state index is 0.145. The molecule has 0 aliphatic heterocycles. The molecule has 0 bridgehead atoms. The number of aromatic nitrogens is 1. The highest BCUT2D eigenvalue weighted by molar-refractivity contribution is 7.73. The van der Waals surface area contributed by atoms with E-state index in [9.17, 15) is 9.90 Å². The molecular weight excluding hydrogens is 182 g/mol. The molecule has 0 aliphatic carbocycles. The van der Waals surface area contributed by atoms with Crippen molar-refractivity contribution in [1.29, 1.82) is 0 Å². The molecule has 11 heavy (non-hydrogen) atoms. The Kier molecular flexibility index (Phi) is 2.41. The van der Waals surface area contributed by atoms with E-state index in [1.165, 1.54) is 15.9 Å². The van der Waals surface area contributed by atoms with Crippen LogP contribution in [0.1, 0.15) is 5.69 Å². The quantitative estimate of drug-likeness (QED) is 0.629. The highest BCUT2D eigenvalue weighted by atomic mass is 32.1. The molecule has 0 atom stereocenters. The van der Waals surface area contributed by atoms with Crippen LogP contribution in [0, 0.1) is 10.9 Å². The second-order valence-corrected chi connectivity index (χ2v) is 3.60. The lowest BCUT2D eigenvalue weighted by molar-refractivity contribution is -0.306. The first-order valence-corrected chi connectivity index (χ1v) is 4.25. The summed E-state index contributed by atoms with van der Waals surface area (Å²) in [5, 5.41) is 12.0. The van der Waals surface area contributed by atoms with Crippen molar-refractivity contribution in [2.75, 3.05) is 0 Å². The van der Waals surface area contributed by atoms with Crippen LogP contribution in [0.25, 0.3) is 0 Å². The van der Waals surface area contributed by atoms with Crippen LogP contribution in [-0.4, -0.2) is 10.5 Å². The highest BCUT2D eigenvalue weighted by Gasteiger charge is 1.98. The third-order valence-electron chi connectivity index (χ3n) is 1.26. The molecule has 0 aromatic carbocycles. The van der Waals surface area contributed by atoms with Gasteiger partial charge < -0.3 is 14.5 Å². The van der Waals surface area contributed by atoms with E-state index in [1.807, 2.05) is 12.3 Å². The summed E-state index contributed by atoms with van der Waals surface area (Å²) in [6.07, 6.45) is 0. The van der Waals surface area contributed by atoms with Crippen LogP contribution in [0.5, 0.6) is 0 Å². The smallest absolute Gasteiger partial charge is 0.161 e. The van der Waals surface area contributed by atoms with Gasteiger partial charge in [-0.3, -0.25) is 0 Å². The number of hydrogen-bond donors (Lipinski definition) is 0. The fourth-order valence-electron chi connectivity index (χ4n) is 0.725. The molecule has 0 spiro atoms. The molecule has 0 unspecified atom stereocenters. The first-order valence-electron chi connectivity index (χ1n) is 2.96. The highest BCUT2D eigenvalue weighted by Crippen LogP contribution is 2.08. The Morgan fingerprint density at radius 3 is 2.91 bits per heavy atom.